The Morgan fingerprint density at radius 3 is 2.06 bits per heavy atom. The van der Waals surface area contributed by atoms with E-state index in [9.17, 15) is 8.42 Å². The number of methoxy groups -OCH3 is 2. The zero-order valence-electron chi connectivity index (χ0n) is 18.9. The van der Waals surface area contributed by atoms with Crippen LogP contribution < -0.4 is 9.04 Å². The molecule has 0 amide bonds. The van der Waals surface area contributed by atoms with E-state index in [1.54, 1.807) is 50.6 Å². The van der Waals surface area contributed by atoms with Gasteiger partial charge in [-0.2, -0.15) is 0 Å². The van der Waals surface area contributed by atoms with Crippen LogP contribution in [0.4, 0.5) is 5.69 Å². The minimum atomic E-state index is -3.91. The lowest BCUT2D eigenvalue weighted by Gasteiger charge is -2.35. The molecule has 0 saturated carbocycles. The second-order valence-electron chi connectivity index (χ2n) is 7.95. The molecule has 6 heteroatoms. The molecule has 0 spiro atoms. The zero-order valence-corrected chi connectivity index (χ0v) is 19.7. The summed E-state index contributed by atoms with van der Waals surface area (Å²) in [4.78, 5) is 0.226. The minimum absolute atomic E-state index is 0.226. The van der Waals surface area contributed by atoms with Crippen LogP contribution >= 0.6 is 0 Å². The van der Waals surface area contributed by atoms with E-state index in [1.807, 2.05) is 55.5 Å². The van der Waals surface area contributed by atoms with Gasteiger partial charge in [-0.3, -0.25) is 4.31 Å². The first-order valence-corrected chi connectivity index (χ1v) is 12.1. The maximum Gasteiger partial charge on any atom is 0.264 e. The Balaban J connectivity index is 1.89. The predicted octanol–water partition coefficient (Wildman–Crippen LogP) is 5.45. The molecule has 170 valence electrons. The number of benzene rings is 3. The molecular weight excluding hydrogens is 434 g/mol. The van der Waals surface area contributed by atoms with E-state index in [2.05, 4.69) is 6.58 Å². The maximum atomic E-state index is 14.0. The van der Waals surface area contributed by atoms with Crippen LogP contribution in [-0.4, -0.2) is 28.7 Å². The van der Waals surface area contributed by atoms with Crippen LogP contribution in [0.15, 0.2) is 108 Å². The lowest BCUT2D eigenvalue weighted by atomic mass is 9.92. The fourth-order valence-corrected chi connectivity index (χ4v) is 5.83. The van der Waals surface area contributed by atoms with Gasteiger partial charge in [-0.1, -0.05) is 54.6 Å². The van der Waals surface area contributed by atoms with Crippen LogP contribution in [0.3, 0.4) is 0 Å². The summed E-state index contributed by atoms with van der Waals surface area (Å²) in [6, 6.07) is 23.1. The third-order valence-corrected chi connectivity index (χ3v) is 7.73. The molecular formula is C27H27NO4S. The van der Waals surface area contributed by atoms with E-state index in [0.717, 1.165) is 16.9 Å². The first-order chi connectivity index (χ1) is 15.9. The van der Waals surface area contributed by atoms with Crippen molar-refractivity contribution in [2.45, 2.75) is 23.8 Å². The maximum absolute atomic E-state index is 14.0. The summed E-state index contributed by atoms with van der Waals surface area (Å²) >= 11 is 0. The summed E-state index contributed by atoms with van der Waals surface area (Å²) < 4.78 is 40.5. The summed E-state index contributed by atoms with van der Waals surface area (Å²) in [6.07, 6.45) is 1.94. The molecule has 1 aliphatic rings. The Labute approximate surface area is 195 Å². The molecule has 0 fully saturated rings. The number of hydrogen-bond donors (Lipinski definition) is 0. The van der Waals surface area contributed by atoms with Crippen molar-refractivity contribution >= 4 is 15.7 Å². The number of ether oxygens (including phenoxy) is 2. The lowest BCUT2D eigenvalue weighted by Crippen LogP contribution is -2.43. The Bertz CT molecular complexity index is 1260. The van der Waals surface area contributed by atoms with Gasteiger partial charge in [-0.25, -0.2) is 8.42 Å². The minimum Gasteiger partial charge on any atom is -0.497 e. The Morgan fingerprint density at radius 1 is 0.848 bits per heavy atom. The molecule has 2 atom stereocenters. The van der Waals surface area contributed by atoms with Gasteiger partial charge in [-0.05, 0) is 55.0 Å². The van der Waals surface area contributed by atoms with Crippen molar-refractivity contribution in [1.82, 2.24) is 0 Å². The Hall–Kier alpha value is -3.51. The number of sulfonamides is 1. The molecule has 0 radical (unpaired) electrons. The number of anilines is 1. The highest BCUT2D eigenvalue weighted by Crippen LogP contribution is 2.44. The second-order valence-corrected chi connectivity index (χ2v) is 9.77. The number of para-hydroxylation sites is 1. The average molecular weight is 462 g/mol. The van der Waals surface area contributed by atoms with Gasteiger partial charge < -0.3 is 9.47 Å². The molecule has 1 aliphatic carbocycles. The number of rotatable bonds is 7. The molecule has 0 saturated heterocycles. The number of hydrogen-bond acceptors (Lipinski definition) is 4. The zero-order chi connectivity index (χ0) is 23.6. The van der Waals surface area contributed by atoms with E-state index >= 15 is 0 Å². The smallest absolute Gasteiger partial charge is 0.264 e. The summed E-state index contributed by atoms with van der Waals surface area (Å²) in [5.74, 6) is 1.02. The van der Waals surface area contributed by atoms with Crippen LogP contribution in [0.1, 0.15) is 17.0 Å². The topological polar surface area (TPSA) is 55.8 Å². The van der Waals surface area contributed by atoms with Gasteiger partial charge >= 0.3 is 0 Å². The third-order valence-electron chi connectivity index (χ3n) is 5.91. The van der Waals surface area contributed by atoms with Crippen molar-refractivity contribution in [3.8, 4) is 5.75 Å². The summed E-state index contributed by atoms with van der Waals surface area (Å²) in [5, 5.41) is 0. The summed E-state index contributed by atoms with van der Waals surface area (Å²) in [6.45, 7) is 6.17. The highest BCUT2D eigenvalue weighted by atomic mass is 32.2. The lowest BCUT2D eigenvalue weighted by molar-refractivity contribution is 0.302. The van der Waals surface area contributed by atoms with E-state index < -0.39 is 16.1 Å². The van der Waals surface area contributed by atoms with Crippen molar-refractivity contribution in [1.29, 1.82) is 0 Å². The summed E-state index contributed by atoms with van der Waals surface area (Å²) in [7, 11) is -0.724. The second kappa shape index (κ2) is 9.16. The quantitative estimate of drug-likeness (QED) is 0.469. The SMILES string of the molecule is C=C1C(OC)=C[C@H](c2ccc(OC)cc2)[C@H]1N(c1ccccc1)S(=O)(=O)c1ccc(C)cc1. The van der Waals surface area contributed by atoms with E-state index in [1.165, 1.54) is 4.31 Å². The van der Waals surface area contributed by atoms with Crippen LogP contribution in [0, 0.1) is 6.92 Å². The fraction of sp³-hybridized carbons (Fsp3) is 0.185. The van der Waals surface area contributed by atoms with Crippen LogP contribution in [0.2, 0.25) is 0 Å². The van der Waals surface area contributed by atoms with E-state index in [0.29, 0.717) is 17.0 Å². The normalized spacial score (nSPS) is 18.0. The number of nitrogens with zero attached hydrogens (tertiary/aromatic N) is 1. The molecule has 0 bridgehead atoms. The van der Waals surface area contributed by atoms with E-state index in [-0.39, 0.29) is 10.8 Å². The van der Waals surface area contributed by atoms with Crippen LogP contribution in [0.25, 0.3) is 0 Å². The summed E-state index contributed by atoms with van der Waals surface area (Å²) in [5.41, 5.74) is 3.10. The predicted molar refractivity (Wildman–Crippen MR) is 131 cm³/mol. The molecule has 33 heavy (non-hydrogen) atoms. The molecule has 3 aromatic carbocycles. The van der Waals surface area contributed by atoms with Gasteiger partial charge in [0, 0.05) is 11.5 Å². The molecule has 3 aromatic rings. The first kappa shape index (κ1) is 22.7. The van der Waals surface area contributed by atoms with Gasteiger partial charge in [0.1, 0.15) is 11.5 Å². The number of aryl methyl sites for hydroxylation is 1. The van der Waals surface area contributed by atoms with Gasteiger partial charge in [0.05, 0.1) is 30.8 Å². The molecule has 0 heterocycles. The first-order valence-electron chi connectivity index (χ1n) is 10.6. The van der Waals surface area contributed by atoms with E-state index in [4.69, 9.17) is 9.47 Å². The molecule has 0 unspecified atom stereocenters. The van der Waals surface area contributed by atoms with Crippen molar-refractivity contribution in [3.05, 3.63) is 114 Å². The monoisotopic (exact) mass is 461 g/mol. The van der Waals surface area contributed by atoms with Gasteiger partial charge in [-0.15, -0.1) is 0 Å². The average Bonchev–Trinajstić information content (AvgIpc) is 3.16. The Kier molecular flexibility index (Phi) is 6.29. The van der Waals surface area contributed by atoms with Crippen molar-refractivity contribution in [3.63, 3.8) is 0 Å². The van der Waals surface area contributed by atoms with Crippen LogP contribution in [0.5, 0.6) is 5.75 Å². The van der Waals surface area contributed by atoms with Crippen molar-refractivity contribution in [2.24, 2.45) is 0 Å². The largest absolute Gasteiger partial charge is 0.497 e. The molecule has 5 nitrogen and oxygen atoms in total. The third kappa shape index (κ3) is 4.26. The van der Waals surface area contributed by atoms with Gasteiger partial charge in [0.25, 0.3) is 10.0 Å². The highest BCUT2D eigenvalue weighted by Gasteiger charge is 2.43. The van der Waals surface area contributed by atoms with Gasteiger partial charge in [0.15, 0.2) is 0 Å². The molecule has 0 aliphatic heterocycles. The fourth-order valence-electron chi connectivity index (χ4n) is 4.16. The van der Waals surface area contributed by atoms with Crippen molar-refractivity contribution in [2.75, 3.05) is 18.5 Å². The molecule has 0 N–H and O–H groups in total. The molecule has 4 rings (SSSR count). The highest BCUT2D eigenvalue weighted by molar-refractivity contribution is 7.92. The Morgan fingerprint density at radius 2 is 1.48 bits per heavy atom. The molecule has 0 aromatic heterocycles. The van der Waals surface area contributed by atoms with Gasteiger partial charge in [0.2, 0.25) is 0 Å². The van der Waals surface area contributed by atoms with Crippen molar-refractivity contribution < 1.29 is 17.9 Å². The van der Waals surface area contributed by atoms with Crippen LogP contribution in [-0.2, 0) is 14.8 Å². The standard InChI is InChI=1S/C27H27NO4S/c1-19-10-16-24(17-11-19)33(29,30)28(22-8-6-5-7-9-22)27-20(2)26(32-4)18-25(27)21-12-14-23(31-3)15-13-21/h5-18,25,27H,2H2,1,3-4H3/t25-,27+/m1/s1.